The summed E-state index contributed by atoms with van der Waals surface area (Å²) in [4.78, 5) is 19.8. The molecular formula is C34H24BrClN2O2S. The van der Waals surface area contributed by atoms with Gasteiger partial charge in [0.2, 0.25) is 0 Å². The number of thiazole rings is 1. The van der Waals surface area contributed by atoms with E-state index in [9.17, 15) is 4.79 Å². The minimum absolute atomic E-state index is 0.0248. The normalized spacial score (nSPS) is 16.0. The first-order valence-corrected chi connectivity index (χ1v) is 15.4. The molecule has 1 aromatic heterocycles. The summed E-state index contributed by atoms with van der Waals surface area (Å²) in [5.41, 5.74) is 7.59. The van der Waals surface area contributed by atoms with Gasteiger partial charge >= 0.3 is 0 Å². The quantitative estimate of drug-likeness (QED) is 0.202. The maximum absolute atomic E-state index is 14.0. The molecule has 1 atom stereocenters. The van der Waals surface area contributed by atoms with Crippen molar-refractivity contribution in [1.82, 2.24) is 4.57 Å². The number of aryl methyl sites for hydroxylation is 1. The third-order valence-electron chi connectivity index (χ3n) is 7.58. The Bertz CT molecular complexity index is 2010. The molecule has 2 aliphatic rings. The second kappa shape index (κ2) is 10.9. The SMILES string of the molecule is O=c1/c(=C/c2ccc(OCc3ccccc3Cl)c(Br)c2)sc2n1[C@H](c1ccccc1)C1=C(N=2)c2ccccc2CC1. The average molecular weight is 640 g/mol. The smallest absolute Gasteiger partial charge is 0.271 e. The van der Waals surface area contributed by atoms with Crippen LogP contribution in [0.5, 0.6) is 5.75 Å². The van der Waals surface area contributed by atoms with Crippen molar-refractivity contribution in [3.05, 3.63) is 160 Å². The fraction of sp³-hybridized carbons (Fsp3) is 0.118. The number of nitrogens with zero attached hydrogens (tertiary/aromatic N) is 2. The van der Waals surface area contributed by atoms with E-state index in [4.69, 9.17) is 21.3 Å². The van der Waals surface area contributed by atoms with Crippen molar-refractivity contribution in [2.75, 3.05) is 0 Å². The van der Waals surface area contributed by atoms with Crippen molar-refractivity contribution in [2.45, 2.75) is 25.5 Å². The van der Waals surface area contributed by atoms with Gasteiger partial charge in [0.05, 0.1) is 20.7 Å². The Hall–Kier alpha value is -3.71. The summed E-state index contributed by atoms with van der Waals surface area (Å²) in [6.07, 6.45) is 3.75. The maximum atomic E-state index is 14.0. The lowest BCUT2D eigenvalue weighted by molar-refractivity contribution is 0.304. The molecule has 4 aromatic carbocycles. The van der Waals surface area contributed by atoms with Gasteiger partial charge in [0.1, 0.15) is 12.4 Å². The molecule has 0 fully saturated rings. The van der Waals surface area contributed by atoms with Crippen LogP contribution >= 0.6 is 38.9 Å². The maximum Gasteiger partial charge on any atom is 0.271 e. The van der Waals surface area contributed by atoms with Gasteiger partial charge in [0.25, 0.3) is 5.56 Å². The Morgan fingerprint density at radius 2 is 1.76 bits per heavy atom. The highest BCUT2D eigenvalue weighted by atomic mass is 79.9. The molecule has 1 aliphatic heterocycles. The Labute approximate surface area is 254 Å². The summed E-state index contributed by atoms with van der Waals surface area (Å²) in [7, 11) is 0. The van der Waals surface area contributed by atoms with E-state index in [0.29, 0.717) is 21.9 Å². The van der Waals surface area contributed by atoms with Crippen molar-refractivity contribution < 1.29 is 4.74 Å². The van der Waals surface area contributed by atoms with Gasteiger partial charge in [-0.3, -0.25) is 9.36 Å². The summed E-state index contributed by atoms with van der Waals surface area (Å²) in [5.74, 6) is 0.707. The van der Waals surface area contributed by atoms with E-state index in [-0.39, 0.29) is 11.6 Å². The van der Waals surface area contributed by atoms with Crippen LogP contribution in [0, 0.1) is 0 Å². The first-order chi connectivity index (χ1) is 20.1. The van der Waals surface area contributed by atoms with Crippen molar-refractivity contribution in [1.29, 1.82) is 0 Å². The molecule has 0 amide bonds. The summed E-state index contributed by atoms with van der Waals surface area (Å²) < 4.78 is 9.35. The number of ether oxygens (including phenoxy) is 1. The molecule has 0 spiro atoms. The summed E-state index contributed by atoms with van der Waals surface area (Å²) in [6, 6.07) is 32.1. The molecule has 4 nitrogen and oxygen atoms in total. The van der Waals surface area contributed by atoms with Crippen molar-refractivity contribution in [3.8, 4) is 5.75 Å². The third kappa shape index (κ3) is 4.90. The zero-order chi connectivity index (χ0) is 27.9. The fourth-order valence-electron chi connectivity index (χ4n) is 5.60. The largest absolute Gasteiger partial charge is 0.488 e. The molecule has 0 bridgehead atoms. The van der Waals surface area contributed by atoms with Crippen LogP contribution in [0.4, 0.5) is 0 Å². The van der Waals surface area contributed by atoms with E-state index >= 15 is 0 Å². The van der Waals surface area contributed by atoms with Gasteiger partial charge in [0.15, 0.2) is 4.80 Å². The number of benzene rings is 4. The number of hydrogen-bond donors (Lipinski definition) is 0. The topological polar surface area (TPSA) is 43.6 Å². The van der Waals surface area contributed by atoms with Crippen molar-refractivity contribution in [3.63, 3.8) is 0 Å². The molecular weight excluding hydrogens is 616 g/mol. The molecule has 0 N–H and O–H groups in total. The molecule has 7 heteroatoms. The van der Waals surface area contributed by atoms with Gasteiger partial charge in [-0.25, -0.2) is 4.99 Å². The number of rotatable bonds is 5. The standard InChI is InChI=1S/C34H24BrClN2O2S/c35-27-18-21(14-17-29(27)40-20-24-11-5-7-13-28(24)36)19-30-33(39)38-32(23-9-2-1-3-10-23)26-16-15-22-8-4-6-12-25(22)31(26)37-34(38)41-30/h1-14,17-19,32H,15-16,20H2/b30-19-/t32-/m1/s1. The second-order valence-electron chi connectivity index (χ2n) is 10.1. The summed E-state index contributed by atoms with van der Waals surface area (Å²) in [6.45, 7) is 0.365. The van der Waals surface area contributed by atoms with E-state index in [1.54, 1.807) is 0 Å². The van der Waals surface area contributed by atoms with Crippen LogP contribution in [-0.2, 0) is 13.0 Å². The molecule has 1 aliphatic carbocycles. The first-order valence-electron chi connectivity index (χ1n) is 13.4. The van der Waals surface area contributed by atoms with Crippen LogP contribution in [0.15, 0.2) is 117 Å². The second-order valence-corrected chi connectivity index (χ2v) is 12.4. The third-order valence-corrected chi connectivity index (χ3v) is 9.55. The van der Waals surface area contributed by atoms with Gasteiger partial charge in [-0.2, -0.15) is 0 Å². The van der Waals surface area contributed by atoms with Crippen LogP contribution < -0.4 is 19.6 Å². The number of fused-ring (bicyclic) bond motifs is 3. The van der Waals surface area contributed by atoms with Crippen molar-refractivity contribution >= 4 is 50.6 Å². The summed E-state index contributed by atoms with van der Waals surface area (Å²) >= 11 is 11.4. The Morgan fingerprint density at radius 1 is 0.976 bits per heavy atom. The monoisotopic (exact) mass is 638 g/mol. The summed E-state index contributed by atoms with van der Waals surface area (Å²) in [5, 5.41) is 0.676. The van der Waals surface area contributed by atoms with Crippen LogP contribution in [0.1, 0.15) is 40.3 Å². The molecule has 5 aromatic rings. The molecule has 0 saturated heterocycles. The highest BCUT2D eigenvalue weighted by molar-refractivity contribution is 9.10. The molecule has 0 saturated carbocycles. The number of halogens is 2. The Kier molecular flexibility index (Phi) is 6.99. The van der Waals surface area contributed by atoms with E-state index in [0.717, 1.165) is 44.5 Å². The lowest BCUT2D eigenvalue weighted by Crippen LogP contribution is -2.38. The highest BCUT2D eigenvalue weighted by Gasteiger charge is 2.32. The zero-order valence-corrected chi connectivity index (χ0v) is 25.0. The van der Waals surface area contributed by atoms with Crippen LogP contribution in [0.3, 0.4) is 0 Å². The average Bonchev–Trinajstić information content (AvgIpc) is 3.30. The molecule has 0 unspecified atom stereocenters. The van der Waals surface area contributed by atoms with E-state index in [2.05, 4.69) is 52.3 Å². The Morgan fingerprint density at radius 3 is 2.59 bits per heavy atom. The van der Waals surface area contributed by atoms with Crippen LogP contribution in [0.25, 0.3) is 11.8 Å². The van der Waals surface area contributed by atoms with E-state index in [1.165, 1.54) is 28.0 Å². The first kappa shape index (κ1) is 26.2. The van der Waals surface area contributed by atoms with Crippen LogP contribution in [0.2, 0.25) is 5.02 Å². The fourth-order valence-corrected chi connectivity index (χ4v) is 7.31. The van der Waals surface area contributed by atoms with E-state index < -0.39 is 0 Å². The lowest BCUT2D eigenvalue weighted by Gasteiger charge is -2.30. The molecule has 2 heterocycles. The lowest BCUT2D eigenvalue weighted by atomic mass is 9.83. The minimum Gasteiger partial charge on any atom is -0.488 e. The van der Waals surface area contributed by atoms with Gasteiger partial charge in [-0.1, -0.05) is 102 Å². The predicted octanol–water partition coefficient (Wildman–Crippen LogP) is 7.31. The number of hydrogen-bond acceptors (Lipinski definition) is 4. The minimum atomic E-state index is -0.176. The molecule has 7 rings (SSSR count). The predicted molar refractivity (Wildman–Crippen MR) is 169 cm³/mol. The number of aromatic nitrogens is 1. The molecule has 202 valence electrons. The van der Waals surface area contributed by atoms with Gasteiger partial charge in [-0.05, 0) is 75.3 Å². The van der Waals surface area contributed by atoms with E-state index in [1.807, 2.05) is 71.3 Å². The zero-order valence-electron chi connectivity index (χ0n) is 21.9. The highest BCUT2D eigenvalue weighted by Crippen LogP contribution is 2.41. The Balaban J connectivity index is 1.29. The van der Waals surface area contributed by atoms with Gasteiger partial charge in [-0.15, -0.1) is 0 Å². The van der Waals surface area contributed by atoms with Crippen LogP contribution in [-0.4, -0.2) is 4.57 Å². The number of allylic oxidation sites excluding steroid dienone is 1. The molecule has 0 radical (unpaired) electrons. The molecule has 41 heavy (non-hydrogen) atoms. The van der Waals surface area contributed by atoms with Gasteiger partial charge in [0, 0.05) is 16.1 Å². The van der Waals surface area contributed by atoms with Crippen molar-refractivity contribution in [2.24, 2.45) is 4.99 Å². The van der Waals surface area contributed by atoms with Gasteiger partial charge < -0.3 is 4.74 Å².